The summed E-state index contributed by atoms with van der Waals surface area (Å²) in [5.74, 6) is 0. The zero-order valence-corrected chi connectivity index (χ0v) is 8.58. The maximum Gasteiger partial charge on any atom is 0.0641 e. The lowest BCUT2D eigenvalue weighted by molar-refractivity contribution is 0.747. The van der Waals surface area contributed by atoms with Crippen molar-refractivity contribution in [1.82, 2.24) is 0 Å². The Kier molecular flexibility index (Phi) is 3.29. The minimum Gasteiger partial charge on any atom is -0.398 e. The second-order valence-corrected chi connectivity index (χ2v) is 3.57. The topological polar surface area (TPSA) is 75.8 Å². The molecule has 0 spiro atoms. The molecule has 0 bridgehead atoms. The van der Waals surface area contributed by atoms with Crippen molar-refractivity contribution in [3.8, 4) is 6.07 Å². The highest BCUT2D eigenvalue weighted by molar-refractivity contribution is 9.10. The van der Waals surface area contributed by atoms with Crippen molar-refractivity contribution in [1.29, 1.82) is 5.26 Å². The van der Waals surface area contributed by atoms with Crippen LogP contribution in [-0.4, -0.2) is 0 Å². The Morgan fingerprint density at radius 2 is 2.23 bits per heavy atom. The summed E-state index contributed by atoms with van der Waals surface area (Å²) in [6.07, 6.45) is 0.271. The lowest BCUT2D eigenvalue weighted by atomic mass is 10.0. The Labute approximate surface area is 85.5 Å². The van der Waals surface area contributed by atoms with Gasteiger partial charge in [0, 0.05) is 21.8 Å². The third-order valence-corrected chi connectivity index (χ3v) is 2.46. The number of anilines is 1. The van der Waals surface area contributed by atoms with Crippen LogP contribution in [0.5, 0.6) is 0 Å². The van der Waals surface area contributed by atoms with Crippen molar-refractivity contribution in [3.05, 3.63) is 28.2 Å². The quantitative estimate of drug-likeness (QED) is 0.775. The Hall–Kier alpha value is -1.05. The van der Waals surface area contributed by atoms with Crippen molar-refractivity contribution >= 4 is 21.6 Å². The molecule has 0 saturated carbocycles. The largest absolute Gasteiger partial charge is 0.398 e. The van der Waals surface area contributed by atoms with Crippen molar-refractivity contribution in [2.24, 2.45) is 5.73 Å². The van der Waals surface area contributed by atoms with E-state index in [2.05, 4.69) is 15.9 Å². The van der Waals surface area contributed by atoms with Gasteiger partial charge in [0.05, 0.1) is 12.5 Å². The highest BCUT2D eigenvalue weighted by Gasteiger charge is 2.12. The summed E-state index contributed by atoms with van der Waals surface area (Å²) in [5, 5.41) is 8.49. The minimum absolute atomic E-state index is 0.271. The van der Waals surface area contributed by atoms with E-state index in [9.17, 15) is 0 Å². The Bertz CT molecular complexity index is 323. The molecule has 3 nitrogen and oxygen atoms in total. The van der Waals surface area contributed by atoms with E-state index in [4.69, 9.17) is 16.7 Å². The van der Waals surface area contributed by atoms with E-state index < -0.39 is 0 Å². The minimum atomic E-state index is -0.319. The van der Waals surface area contributed by atoms with Gasteiger partial charge in [-0.05, 0) is 12.1 Å². The van der Waals surface area contributed by atoms with Crippen LogP contribution in [0.4, 0.5) is 5.69 Å². The number of hydrogen-bond donors (Lipinski definition) is 2. The van der Waals surface area contributed by atoms with Crippen molar-refractivity contribution in [3.63, 3.8) is 0 Å². The second kappa shape index (κ2) is 4.26. The van der Waals surface area contributed by atoms with Gasteiger partial charge in [-0.1, -0.05) is 22.0 Å². The molecule has 0 aliphatic carbocycles. The Morgan fingerprint density at radius 3 is 2.77 bits per heavy atom. The molecule has 0 saturated heterocycles. The maximum atomic E-state index is 8.49. The summed E-state index contributed by atoms with van der Waals surface area (Å²) >= 11 is 3.35. The van der Waals surface area contributed by atoms with E-state index in [1.165, 1.54) is 0 Å². The summed E-state index contributed by atoms with van der Waals surface area (Å²) in [6, 6.07) is 7.17. The molecule has 1 rings (SSSR count). The highest BCUT2D eigenvalue weighted by atomic mass is 79.9. The molecule has 1 atom stereocenters. The van der Waals surface area contributed by atoms with E-state index >= 15 is 0 Å². The number of benzene rings is 1. The van der Waals surface area contributed by atoms with Crippen LogP contribution in [0.3, 0.4) is 0 Å². The third kappa shape index (κ3) is 2.20. The number of halogens is 1. The SMILES string of the molecule is N#CC[C@@H](N)c1c(N)cccc1Br. The molecule has 0 aliphatic rings. The molecule has 1 aromatic rings. The predicted molar refractivity (Wildman–Crippen MR) is 55.7 cm³/mol. The first kappa shape index (κ1) is 10.0. The summed E-state index contributed by atoms with van der Waals surface area (Å²) < 4.78 is 0.857. The summed E-state index contributed by atoms with van der Waals surface area (Å²) in [7, 11) is 0. The fourth-order valence-electron chi connectivity index (χ4n) is 1.15. The third-order valence-electron chi connectivity index (χ3n) is 1.77. The van der Waals surface area contributed by atoms with Crippen LogP contribution in [0.1, 0.15) is 18.0 Å². The van der Waals surface area contributed by atoms with Gasteiger partial charge in [0.15, 0.2) is 0 Å². The van der Waals surface area contributed by atoms with E-state index in [0.29, 0.717) is 5.69 Å². The van der Waals surface area contributed by atoms with Crippen LogP contribution in [0.2, 0.25) is 0 Å². The first-order valence-corrected chi connectivity index (χ1v) is 4.62. The molecule has 0 fully saturated rings. The second-order valence-electron chi connectivity index (χ2n) is 2.71. The van der Waals surface area contributed by atoms with Gasteiger partial charge in [0.1, 0.15) is 0 Å². The van der Waals surface area contributed by atoms with E-state index in [1.54, 1.807) is 6.07 Å². The predicted octanol–water partition coefficient (Wildman–Crippen LogP) is 1.94. The fourth-order valence-corrected chi connectivity index (χ4v) is 1.82. The lowest BCUT2D eigenvalue weighted by Gasteiger charge is -2.12. The van der Waals surface area contributed by atoms with Crippen molar-refractivity contribution in [2.75, 3.05) is 5.73 Å². The molecule has 0 aromatic heterocycles. The number of nitrogens with two attached hydrogens (primary N) is 2. The average Bonchev–Trinajstić information content (AvgIpc) is 2.04. The molecule has 4 N–H and O–H groups in total. The Balaban J connectivity index is 3.06. The van der Waals surface area contributed by atoms with E-state index in [0.717, 1.165) is 10.0 Å². The molecule has 1 aromatic carbocycles. The van der Waals surface area contributed by atoms with Gasteiger partial charge in [-0.25, -0.2) is 0 Å². The van der Waals surface area contributed by atoms with Crippen LogP contribution in [0, 0.1) is 11.3 Å². The van der Waals surface area contributed by atoms with Gasteiger partial charge in [0.25, 0.3) is 0 Å². The first-order valence-electron chi connectivity index (χ1n) is 3.83. The fraction of sp³-hybridized carbons (Fsp3) is 0.222. The van der Waals surface area contributed by atoms with Gasteiger partial charge in [-0.15, -0.1) is 0 Å². The summed E-state index contributed by atoms with van der Waals surface area (Å²) in [6.45, 7) is 0. The molecule has 0 unspecified atom stereocenters. The van der Waals surface area contributed by atoms with Crippen LogP contribution in [0.25, 0.3) is 0 Å². The van der Waals surface area contributed by atoms with Gasteiger partial charge in [0.2, 0.25) is 0 Å². The summed E-state index contributed by atoms with van der Waals surface area (Å²) in [5.41, 5.74) is 12.9. The number of hydrogen-bond acceptors (Lipinski definition) is 3. The van der Waals surface area contributed by atoms with Gasteiger partial charge in [-0.2, -0.15) is 5.26 Å². The van der Waals surface area contributed by atoms with E-state index in [-0.39, 0.29) is 12.5 Å². The summed E-state index contributed by atoms with van der Waals surface area (Å²) in [4.78, 5) is 0. The Morgan fingerprint density at radius 1 is 1.54 bits per heavy atom. The number of nitrogen functional groups attached to an aromatic ring is 1. The van der Waals surface area contributed by atoms with Crippen LogP contribution in [0.15, 0.2) is 22.7 Å². The molecule has 0 heterocycles. The normalized spacial score (nSPS) is 12.1. The van der Waals surface area contributed by atoms with Gasteiger partial charge >= 0.3 is 0 Å². The van der Waals surface area contributed by atoms with Crippen LogP contribution >= 0.6 is 15.9 Å². The van der Waals surface area contributed by atoms with Crippen molar-refractivity contribution in [2.45, 2.75) is 12.5 Å². The molecular formula is C9H10BrN3. The smallest absolute Gasteiger partial charge is 0.0641 e. The van der Waals surface area contributed by atoms with Crippen molar-refractivity contribution < 1.29 is 0 Å². The zero-order valence-electron chi connectivity index (χ0n) is 7.00. The van der Waals surface area contributed by atoms with Gasteiger partial charge in [-0.3, -0.25) is 0 Å². The van der Waals surface area contributed by atoms with Gasteiger partial charge < -0.3 is 11.5 Å². The average molecular weight is 240 g/mol. The monoisotopic (exact) mass is 239 g/mol. The van der Waals surface area contributed by atoms with Crippen LogP contribution < -0.4 is 11.5 Å². The molecule has 13 heavy (non-hydrogen) atoms. The van der Waals surface area contributed by atoms with E-state index in [1.807, 2.05) is 18.2 Å². The molecular weight excluding hydrogens is 230 g/mol. The lowest BCUT2D eigenvalue weighted by Crippen LogP contribution is -2.12. The molecule has 0 aliphatic heterocycles. The molecule has 0 radical (unpaired) electrons. The molecule has 4 heteroatoms. The molecule has 0 amide bonds. The van der Waals surface area contributed by atoms with Crippen LogP contribution in [-0.2, 0) is 0 Å². The standard InChI is InChI=1S/C9H10BrN3/c10-6-2-1-3-7(12)9(6)8(13)4-5-11/h1-3,8H,4,12-13H2/t8-/m1/s1. The first-order chi connectivity index (χ1) is 6.16. The molecule has 68 valence electrons. The highest BCUT2D eigenvalue weighted by Crippen LogP contribution is 2.28. The number of nitriles is 1. The maximum absolute atomic E-state index is 8.49. The number of nitrogens with zero attached hydrogens (tertiary/aromatic N) is 1. The number of rotatable bonds is 2. The zero-order chi connectivity index (χ0) is 9.84.